The van der Waals surface area contributed by atoms with Crippen molar-refractivity contribution in [2.45, 2.75) is 32.2 Å². The first-order chi connectivity index (χ1) is 15.7. The van der Waals surface area contributed by atoms with Crippen molar-refractivity contribution in [2.24, 2.45) is 0 Å². The molecule has 1 saturated heterocycles. The lowest BCUT2D eigenvalue weighted by Crippen LogP contribution is -2.29. The van der Waals surface area contributed by atoms with E-state index in [0.29, 0.717) is 10.9 Å². The number of hydrogen-bond donors (Lipinski definition) is 1. The van der Waals surface area contributed by atoms with Crippen LogP contribution < -0.4 is 15.8 Å². The van der Waals surface area contributed by atoms with Gasteiger partial charge in [-0.15, -0.1) is 5.10 Å². The number of amides is 1. The fourth-order valence-electron chi connectivity index (χ4n) is 4.28. The van der Waals surface area contributed by atoms with Gasteiger partial charge >= 0.3 is 0 Å². The topological polar surface area (TPSA) is 93.0 Å². The lowest BCUT2D eigenvalue weighted by molar-refractivity contribution is -0.116. The van der Waals surface area contributed by atoms with E-state index in [9.17, 15) is 9.59 Å². The van der Waals surface area contributed by atoms with Crippen molar-refractivity contribution >= 4 is 39.0 Å². The van der Waals surface area contributed by atoms with Crippen LogP contribution in [0.5, 0.6) is 0 Å². The second kappa shape index (κ2) is 8.74. The van der Waals surface area contributed by atoms with Crippen LogP contribution in [0.3, 0.4) is 0 Å². The molecule has 8 nitrogen and oxygen atoms in total. The molecule has 8 heteroatoms. The van der Waals surface area contributed by atoms with Crippen LogP contribution in [0.1, 0.15) is 25.7 Å². The summed E-state index contributed by atoms with van der Waals surface area (Å²) in [4.78, 5) is 31.9. The van der Waals surface area contributed by atoms with Gasteiger partial charge in [-0.1, -0.05) is 17.3 Å². The van der Waals surface area contributed by atoms with E-state index < -0.39 is 0 Å². The van der Waals surface area contributed by atoms with Crippen LogP contribution >= 0.6 is 0 Å². The standard InChI is InChI=1S/C24H24N6O2/c31-23(11-15-30-24(32)18-6-2-3-7-21(18)27-28-30)26-20-8-9-22(29-13-4-1-5-14-29)17-10-12-25-16-19(17)20/h2-3,6-10,12,16H,1,4-5,11,13-15H2,(H,26,31). The predicted octanol–water partition coefficient (Wildman–Crippen LogP) is 3.36. The number of aryl methyl sites for hydroxylation is 1. The number of pyridine rings is 1. The molecule has 0 radical (unpaired) electrons. The highest BCUT2D eigenvalue weighted by Gasteiger charge is 2.16. The minimum atomic E-state index is -0.246. The molecule has 1 amide bonds. The number of nitrogens with zero attached hydrogens (tertiary/aromatic N) is 5. The smallest absolute Gasteiger partial charge is 0.277 e. The number of hydrogen-bond acceptors (Lipinski definition) is 6. The summed E-state index contributed by atoms with van der Waals surface area (Å²) in [5.74, 6) is -0.192. The molecular formula is C24H24N6O2. The summed E-state index contributed by atoms with van der Waals surface area (Å²) >= 11 is 0. The molecule has 0 aliphatic carbocycles. The van der Waals surface area contributed by atoms with Crippen LogP contribution in [0.4, 0.5) is 11.4 Å². The summed E-state index contributed by atoms with van der Waals surface area (Å²) in [6.07, 6.45) is 7.35. The summed E-state index contributed by atoms with van der Waals surface area (Å²) < 4.78 is 1.24. The highest BCUT2D eigenvalue weighted by atomic mass is 16.2. The largest absolute Gasteiger partial charge is 0.371 e. The summed E-state index contributed by atoms with van der Waals surface area (Å²) in [6.45, 7) is 2.25. The first-order valence-corrected chi connectivity index (χ1v) is 10.9. The third kappa shape index (κ3) is 3.91. The Kier molecular flexibility index (Phi) is 5.49. The fourth-order valence-corrected chi connectivity index (χ4v) is 4.28. The molecule has 1 fully saturated rings. The molecule has 0 atom stereocenters. The Bertz CT molecular complexity index is 1340. The van der Waals surface area contributed by atoms with Crippen molar-refractivity contribution in [3.63, 3.8) is 0 Å². The van der Waals surface area contributed by atoms with Crippen molar-refractivity contribution < 1.29 is 4.79 Å². The molecule has 2 aromatic heterocycles. The van der Waals surface area contributed by atoms with Crippen molar-refractivity contribution in [3.05, 3.63) is 65.2 Å². The van der Waals surface area contributed by atoms with Crippen LogP contribution in [-0.4, -0.2) is 39.0 Å². The Morgan fingerprint density at radius 1 is 0.969 bits per heavy atom. The van der Waals surface area contributed by atoms with Crippen LogP contribution in [-0.2, 0) is 11.3 Å². The molecule has 5 rings (SSSR count). The third-order valence-electron chi connectivity index (χ3n) is 5.95. The van der Waals surface area contributed by atoms with Gasteiger partial charge in [-0.05, 0) is 49.6 Å². The summed E-state index contributed by atoms with van der Waals surface area (Å²) in [5.41, 5.74) is 2.20. The van der Waals surface area contributed by atoms with Crippen LogP contribution in [0, 0.1) is 0 Å². The zero-order valence-electron chi connectivity index (χ0n) is 17.7. The van der Waals surface area contributed by atoms with Crippen LogP contribution in [0.2, 0.25) is 0 Å². The SMILES string of the molecule is O=C(CCn1nnc2ccccc2c1=O)Nc1ccc(N2CCCCC2)c2ccncc12. The van der Waals surface area contributed by atoms with E-state index in [1.54, 1.807) is 30.6 Å². The van der Waals surface area contributed by atoms with E-state index in [2.05, 4.69) is 31.6 Å². The molecule has 32 heavy (non-hydrogen) atoms. The molecule has 162 valence electrons. The average molecular weight is 428 g/mol. The second-order valence-corrected chi connectivity index (χ2v) is 8.03. The van der Waals surface area contributed by atoms with E-state index in [-0.39, 0.29) is 24.4 Å². The third-order valence-corrected chi connectivity index (χ3v) is 5.95. The number of rotatable bonds is 5. The quantitative estimate of drug-likeness (QED) is 0.524. The molecule has 1 N–H and O–H groups in total. The molecular weight excluding hydrogens is 404 g/mol. The Hall–Kier alpha value is -3.81. The van der Waals surface area contributed by atoms with Gasteiger partial charge in [-0.25, -0.2) is 4.68 Å². The number of aromatic nitrogens is 4. The Labute approximate surface area is 184 Å². The molecule has 4 aromatic rings. The number of nitrogens with one attached hydrogen (secondary N) is 1. The van der Waals surface area contributed by atoms with Gasteiger partial charge in [-0.2, -0.15) is 0 Å². The van der Waals surface area contributed by atoms with Gasteiger partial charge in [0.25, 0.3) is 5.56 Å². The van der Waals surface area contributed by atoms with E-state index in [4.69, 9.17) is 0 Å². The lowest BCUT2D eigenvalue weighted by Gasteiger charge is -2.30. The molecule has 0 bridgehead atoms. The first kappa shape index (κ1) is 20.1. The first-order valence-electron chi connectivity index (χ1n) is 10.9. The normalized spacial score (nSPS) is 14.1. The van der Waals surface area contributed by atoms with E-state index in [1.165, 1.54) is 29.6 Å². The van der Waals surface area contributed by atoms with Crippen molar-refractivity contribution in [1.29, 1.82) is 0 Å². The Morgan fingerprint density at radius 3 is 2.69 bits per heavy atom. The van der Waals surface area contributed by atoms with E-state index in [0.717, 1.165) is 29.5 Å². The van der Waals surface area contributed by atoms with Gasteiger partial charge in [0.15, 0.2) is 0 Å². The van der Waals surface area contributed by atoms with Crippen LogP contribution in [0.25, 0.3) is 21.7 Å². The maximum atomic E-state index is 12.7. The molecule has 3 heterocycles. The molecule has 2 aromatic carbocycles. The summed E-state index contributed by atoms with van der Waals surface area (Å²) in [7, 11) is 0. The van der Waals surface area contributed by atoms with Crippen LogP contribution in [0.15, 0.2) is 59.7 Å². The molecule has 0 unspecified atom stereocenters. The minimum absolute atomic E-state index is 0.114. The maximum Gasteiger partial charge on any atom is 0.277 e. The number of carbonyl (C=O) groups is 1. The number of carbonyl (C=O) groups excluding carboxylic acids is 1. The molecule has 1 aliphatic heterocycles. The van der Waals surface area contributed by atoms with Gasteiger partial charge in [0.05, 0.1) is 17.6 Å². The van der Waals surface area contributed by atoms with Crippen molar-refractivity contribution in [3.8, 4) is 0 Å². The summed E-state index contributed by atoms with van der Waals surface area (Å²) in [6, 6.07) is 13.1. The van der Waals surface area contributed by atoms with Crippen molar-refractivity contribution in [2.75, 3.05) is 23.3 Å². The van der Waals surface area contributed by atoms with Gasteiger partial charge in [0.2, 0.25) is 5.91 Å². The van der Waals surface area contributed by atoms with Gasteiger partial charge in [-0.3, -0.25) is 14.6 Å². The van der Waals surface area contributed by atoms with Gasteiger partial charge < -0.3 is 10.2 Å². The fraction of sp³-hybridized carbons (Fsp3) is 0.292. The highest BCUT2D eigenvalue weighted by molar-refractivity contribution is 6.06. The number of benzene rings is 2. The van der Waals surface area contributed by atoms with Gasteiger partial charge in [0, 0.05) is 48.4 Å². The highest BCUT2D eigenvalue weighted by Crippen LogP contribution is 2.33. The minimum Gasteiger partial charge on any atom is -0.371 e. The number of anilines is 2. The number of fused-ring (bicyclic) bond motifs is 2. The molecule has 1 aliphatic rings. The second-order valence-electron chi connectivity index (χ2n) is 8.03. The van der Waals surface area contributed by atoms with Gasteiger partial charge in [0.1, 0.15) is 5.52 Å². The van der Waals surface area contributed by atoms with E-state index in [1.807, 2.05) is 18.2 Å². The Balaban J connectivity index is 1.34. The van der Waals surface area contributed by atoms with E-state index >= 15 is 0 Å². The predicted molar refractivity (Wildman–Crippen MR) is 125 cm³/mol. The Morgan fingerprint density at radius 2 is 1.81 bits per heavy atom. The monoisotopic (exact) mass is 428 g/mol. The molecule has 0 spiro atoms. The zero-order chi connectivity index (χ0) is 21.9. The summed E-state index contributed by atoms with van der Waals surface area (Å²) in [5, 5.41) is 13.5. The maximum absolute atomic E-state index is 12.7. The average Bonchev–Trinajstić information content (AvgIpc) is 2.84. The van der Waals surface area contributed by atoms with Crippen molar-refractivity contribution in [1.82, 2.24) is 20.0 Å². The molecule has 0 saturated carbocycles. The lowest BCUT2D eigenvalue weighted by atomic mass is 10.0. The zero-order valence-corrected chi connectivity index (χ0v) is 17.7. The number of piperidine rings is 1.